The number of hydrogen-bond donors (Lipinski definition) is 2. The van der Waals surface area contributed by atoms with Crippen molar-refractivity contribution >= 4 is 39.7 Å². The molecule has 0 aromatic rings. The predicted molar refractivity (Wildman–Crippen MR) is 92.6 cm³/mol. The molecule has 0 heterocycles. The van der Waals surface area contributed by atoms with Gasteiger partial charge in [-0.1, -0.05) is 71.1 Å². The quantitative estimate of drug-likeness (QED) is 0.291. The molecule has 4 nitrogen and oxygen atoms in total. The third kappa shape index (κ3) is 20.9. The molecule has 21 heavy (non-hydrogen) atoms. The second-order valence-corrected chi connectivity index (χ2v) is 7.38. The molecule has 0 aromatic heterocycles. The fourth-order valence-electron chi connectivity index (χ4n) is 2.34. The van der Waals surface area contributed by atoms with E-state index in [0.29, 0.717) is 6.42 Å². The number of unbranched alkanes of at least 4 members (excludes halogenated alkanes) is 9. The SMILES string of the molecule is CCCCCCCCCCCCC(N)CCS(=O)(=O)O.[NaH]. The Hall–Kier alpha value is 0.870. The standard InChI is InChI=1S/C15H33NO3S.Na.H/c1-2-3-4-5-6-7-8-9-10-11-12-15(16)13-14-20(17,18)19;;/h15H,2-14,16H2,1H3,(H,17,18,19);;. The summed E-state index contributed by atoms with van der Waals surface area (Å²) in [4.78, 5) is 0. The van der Waals surface area contributed by atoms with Crippen molar-refractivity contribution in [2.75, 3.05) is 5.75 Å². The van der Waals surface area contributed by atoms with Gasteiger partial charge in [-0.15, -0.1) is 0 Å². The van der Waals surface area contributed by atoms with Crippen LogP contribution in [0.5, 0.6) is 0 Å². The van der Waals surface area contributed by atoms with Crippen molar-refractivity contribution in [3.8, 4) is 0 Å². The Kier molecular flexibility index (Phi) is 18.1. The minimum atomic E-state index is -3.85. The summed E-state index contributed by atoms with van der Waals surface area (Å²) in [7, 11) is -3.85. The molecule has 1 atom stereocenters. The van der Waals surface area contributed by atoms with Gasteiger partial charge in [-0.25, -0.2) is 0 Å². The van der Waals surface area contributed by atoms with Crippen molar-refractivity contribution < 1.29 is 13.0 Å². The summed E-state index contributed by atoms with van der Waals surface area (Å²) in [5.74, 6) is -0.216. The summed E-state index contributed by atoms with van der Waals surface area (Å²) in [5.41, 5.74) is 5.81. The van der Waals surface area contributed by atoms with Gasteiger partial charge in [0.05, 0.1) is 5.75 Å². The van der Waals surface area contributed by atoms with E-state index in [4.69, 9.17) is 10.3 Å². The zero-order valence-electron chi connectivity index (χ0n) is 13.0. The van der Waals surface area contributed by atoms with Gasteiger partial charge in [0, 0.05) is 6.04 Å². The first-order chi connectivity index (χ1) is 9.45. The second kappa shape index (κ2) is 15.8. The topological polar surface area (TPSA) is 80.4 Å². The van der Waals surface area contributed by atoms with Gasteiger partial charge in [-0.2, -0.15) is 8.42 Å². The van der Waals surface area contributed by atoms with Crippen LogP contribution in [0.25, 0.3) is 0 Å². The van der Waals surface area contributed by atoms with Crippen LogP contribution < -0.4 is 5.73 Å². The van der Waals surface area contributed by atoms with Crippen LogP contribution >= 0.6 is 0 Å². The molecule has 0 bridgehead atoms. The Morgan fingerprint density at radius 2 is 1.29 bits per heavy atom. The van der Waals surface area contributed by atoms with Crippen LogP contribution in [0, 0.1) is 0 Å². The Morgan fingerprint density at radius 3 is 1.71 bits per heavy atom. The normalized spacial score (nSPS) is 12.9. The molecule has 0 radical (unpaired) electrons. The number of nitrogens with two attached hydrogens (primary N) is 1. The first-order valence-corrected chi connectivity index (χ1v) is 9.77. The molecular formula is C15H34NNaO3S. The molecule has 0 saturated carbocycles. The zero-order valence-corrected chi connectivity index (χ0v) is 13.8. The monoisotopic (exact) mass is 331 g/mol. The summed E-state index contributed by atoms with van der Waals surface area (Å²) in [5, 5.41) is 0. The van der Waals surface area contributed by atoms with E-state index in [0.717, 1.165) is 12.8 Å². The van der Waals surface area contributed by atoms with E-state index in [-0.39, 0.29) is 41.4 Å². The van der Waals surface area contributed by atoms with E-state index in [9.17, 15) is 8.42 Å². The molecular weight excluding hydrogens is 297 g/mol. The Morgan fingerprint density at radius 1 is 0.857 bits per heavy atom. The van der Waals surface area contributed by atoms with Crippen LogP contribution in [-0.2, 0) is 10.1 Å². The zero-order chi connectivity index (χ0) is 15.3. The van der Waals surface area contributed by atoms with Crippen molar-refractivity contribution in [3.63, 3.8) is 0 Å². The third-order valence-electron chi connectivity index (χ3n) is 3.68. The summed E-state index contributed by atoms with van der Waals surface area (Å²) < 4.78 is 29.8. The molecule has 1 unspecified atom stereocenters. The molecule has 0 aliphatic heterocycles. The number of rotatable bonds is 14. The van der Waals surface area contributed by atoms with Gasteiger partial charge in [0.25, 0.3) is 10.1 Å². The van der Waals surface area contributed by atoms with Gasteiger partial charge in [0.1, 0.15) is 0 Å². The third-order valence-corrected chi connectivity index (χ3v) is 4.43. The van der Waals surface area contributed by atoms with Gasteiger partial charge in [0.15, 0.2) is 0 Å². The molecule has 0 aliphatic carbocycles. The van der Waals surface area contributed by atoms with Gasteiger partial charge >= 0.3 is 29.6 Å². The summed E-state index contributed by atoms with van der Waals surface area (Å²) in [6, 6.07) is -0.106. The molecule has 0 saturated heterocycles. The Labute approximate surface area is 153 Å². The van der Waals surface area contributed by atoms with Crippen LogP contribution in [0.4, 0.5) is 0 Å². The van der Waals surface area contributed by atoms with Gasteiger partial charge < -0.3 is 5.73 Å². The van der Waals surface area contributed by atoms with Crippen molar-refractivity contribution in [2.24, 2.45) is 5.73 Å². The van der Waals surface area contributed by atoms with Crippen molar-refractivity contribution in [2.45, 2.75) is 90.0 Å². The van der Waals surface area contributed by atoms with Crippen molar-refractivity contribution in [1.82, 2.24) is 0 Å². The molecule has 6 heteroatoms. The average Bonchev–Trinajstić information content (AvgIpc) is 2.38. The molecule has 3 N–H and O–H groups in total. The summed E-state index contributed by atoms with van der Waals surface area (Å²) >= 11 is 0. The van der Waals surface area contributed by atoms with Crippen LogP contribution in [0.15, 0.2) is 0 Å². The number of hydrogen-bond acceptors (Lipinski definition) is 3. The van der Waals surface area contributed by atoms with E-state index in [1.165, 1.54) is 57.8 Å². The Balaban J connectivity index is 0. The molecule has 0 fully saturated rings. The molecule has 124 valence electrons. The van der Waals surface area contributed by atoms with E-state index in [1.54, 1.807) is 0 Å². The second-order valence-electron chi connectivity index (χ2n) is 5.81. The van der Waals surface area contributed by atoms with E-state index in [1.807, 2.05) is 0 Å². The fourth-order valence-corrected chi connectivity index (χ4v) is 2.94. The molecule has 0 spiro atoms. The van der Waals surface area contributed by atoms with Crippen LogP contribution in [0.2, 0.25) is 0 Å². The summed E-state index contributed by atoms with van der Waals surface area (Å²) in [6.45, 7) is 2.24. The maximum absolute atomic E-state index is 10.6. The van der Waals surface area contributed by atoms with Crippen molar-refractivity contribution in [1.29, 1.82) is 0 Å². The van der Waals surface area contributed by atoms with E-state index >= 15 is 0 Å². The van der Waals surface area contributed by atoms with E-state index in [2.05, 4.69) is 6.92 Å². The van der Waals surface area contributed by atoms with Crippen molar-refractivity contribution in [3.05, 3.63) is 0 Å². The molecule has 0 aliphatic rings. The van der Waals surface area contributed by atoms with Crippen LogP contribution in [-0.4, -0.2) is 54.3 Å². The van der Waals surface area contributed by atoms with Gasteiger partial charge in [-0.3, -0.25) is 4.55 Å². The first kappa shape index (κ1) is 24.1. The maximum atomic E-state index is 10.6. The van der Waals surface area contributed by atoms with Crippen LogP contribution in [0.1, 0.15) is 84.0 Å². The van der Waals surface area contributed by atoms with Crippen LogP contribution in [0.3, 0.4) is 0 Å². The van der Waals surface area contributed by atoms with Gasteiger partial charge in [-0.05, 0) is 12.8 Å². The first-order valence-electron chi connectivity index (χ1n) is 8.16. The average molecular weight is 331 g/mol. The fraction of sp³-hybridized carbons (Fsp3) is 1.00. The predicted octanol–water partition coefficient (Wildman–Crippen LogP) is 3.25. The van der Waals surface area contributed by atoms with E-state index < -0.39 is 10.1 Å². The minimum absolute atomic E-state index is 0. The molecule has 0 rings (SSSR count). The molecule has 0 aromatic carbocycles. The Bertz CT molecular complexity index is 310. The summed E-state index contributed by atoms with van der Waals surface area (Å²) in [6.07, 6.45) is 14.1. The molecule has 0 amide bonds. The van der Waals surface area contributed by atoms with Gasteiger partial charge in [0.2, 0.25) is 0 Å².